The number of hydrogen-bond acceptors (Lipinski definition) is 3. The van der Waals surface area contributed by atoms with E-state index in [-0.39, 0.29) is 17.9 Å². The van der Waals surface area contributed by atoms with Gasteiger partial charge in [-0.2, -0.15) is 0 Å². The predicted molar refractivity (Wildman–Crippen MR) is 64.0 cm³/mol. The third-order valence-corrected chi connectivity index (χ3v) is 3.40. The van der Waals surface area contributed by atoms with Gasteiger partial charge in [0.25, 0.3) is 5.56 Å². The molecule has 3 atom stereocenters. The van der Waals surface area contributed by atoms with Crippen molar-refractivity contribution in [1.82, 2.24) is 9.55 Å². The summed E-state index contributed by atoms with van der Waals surface area (Å²) in [7, 11) is 0. The molecule has 2 heterocycles. The second-order valence-corrected chi connectivity index (χ2v) is 4.73. The van der Waals surface area contributed by atoms with E-state index in [1.54, 1.807) is 13.1 Å². The van der Waals surface area contributed by atoms with Crippen molar-refractivity contribution in [2.24, 2.45) is 5.92 Å². The number of nitrogens with one attached hydrogen (secondary N) is 1. The zero-order chi connectivity index (χ0) is 12.6. The number of H-pyrrole nitrogens is 1. The summed E-state index contributed by atoms with van der Waals surface area (Å²) in [5.74, 6) is 0.434. The number of aryl methyl sites for hydroxylation is 1. The molecule has 0 unspecified atom stereocenters. The van der Waals surface area contributed by atoms with Gasteiger partial charge in [0.15, 0.2) is 0 Å². The number of aromatic nitrogens is 2. The molecule has 0 aliphatic carbocycles. The average Bonchev–Trinajstić information content (AvgIpc) is 2.65. The summed E-state index contributed by atoms with van der Waals surface area (Å²) in [5.41, 5.74) is -0.195. The quantitative estimate of drug-likeness (QED) is 0.841. The Hall–Kier alpha value is -1.36. The normalized spacial score (nSPS) is 28.5. The van der Waals surface area contributed by atoms with Crippen molar-refractivity contribution in [3.63, 3.8) is 0 Å². The molecule has 17 heavy (non-hydrogen) atoms. The molecule has 1 aromatic rings. The third kappa shape index (κ3) is 2.20. The molecule has 1 saturated heterocycles. The molecule has 1 aliphatic rings. The molecule has 2 rings (SSSR count). The van der Waals surface area contributed by atoms with E-state index in [0.29, 0.717) is 11.5 Å². The molecule has 1 aliphatic heterocycles. The zero-order valence-electron chi connectivity index (χ0n) is 10.4. The van der Waals surface area contributed by atoms with Crippen LogP contribution in [0.15, 0.2) is 15.8 Å². The highest BCUT2D eigenvalue weighted by atomic mass is 16.5. The number of hydrogen-bond donors (Lipinski definition) is 1. The maximum absolute atomic E-state index is 11.7. The van der Waals surface area contributed by atoms with Gasteiger partial charge in [0.1, 0.15) is 6.23 Å². The summed E-state index contributed by atoms with van der Waals surface area (Å²) in [6.07, 6.45) is 3.27. The second-order valence-electron chi connectivity index (χ2n) is 4.73. The van der Waals surface area contributed by atoms with Crippen LogP contribution < -0.4 is 11.2 Å². The van der Waals surface area contributed by atoms with E-state index < -0.39 is 5.69 Å². The molecule has 0 amide bonds. The van der Waals surface area contributed by atoms with Gasteiger partial charge >= 0.3 is 5.69 Å². The Bertz CT molecular complexity index is 517. The van der Waals surface area contributed by atoms with Crippen molar-refractivity contribution in [3.8, 4) is 0 Å². The molecule has 1 fully saturated rings. The fraction of sp³-hybridized carbons (Fsp3) is 0.667. The highest BCUT2D eigenvalue weighted by molar-refractivity contribution is 5.01. The molecule has 0 saturated carbocycles. The van der Waals surface area contributed by atoms with Crippen LogP contribution in [0.25, 0.3) is 0 Å². The van der Waals surface area contributed by atoms with Crippen LogP contribution in [0.5, 0.6) is 0 Å². The van der Waals surface area contributed by atoms with Crippen molar-refractivity contribution >= 4 is 0 Å². The van der Waals surface area contributed by atoms with Gasteiger partial charge in [-0.3, -0.25) is 14.3 Å². The Balaban J connectivity index is 2.34. The molecule has 0 spiro atoms. The summed E-state index contributed by atoms with van der Waals surface area (Å²) < 4.78 is 7.31. The Morgan fingerprint density at radius 3 is 2.82 bits per heavy atom. The smallest absolute Gasteiger partial charge is 0.330 e. The van der Waals surface area contributed by atoms with Crippen LogP contribution in [0.3, 0.4) is 0 Å². The zero-order valence-corrected chi connectivity index (χ0v) is 10.4. The highest BCUT2D eigenvalue weighted by Gasteiger charge is 2.32. The monoisotopic (exact) mass is 238 g/mol. The van der Waals surface area contributed by atoms with Crippen molar-refractivity contribution < 1.29 is 4.74 Å². The van der Waals surface area contributed by atoms with Crippen LogP contribution >= 0.6 is 0 Å². The SMILES string of the molecule is CC[C@@H]1O[C@@H](n2cc(C)c(=O)[nH]c2=O)C[C@H]1C. The van der Waals surface area contributed by atoms with Crippen molar-refractivity contribution in [1.29, 1.82) is 0 Å². The second kappa shape index (κ2) is 4.49. The van der Waals surface area contributed by atoms with Gasteiger partial charge in [-0.1, -0.05) is 13.8 Å². The van der Waals surface area contributed by atoms with Gasteiger partial charge in [-0.15, -0.1) is 0 Å². The minimum absolute atomic E-state index is 0.194. The first-order valence-electron chi connectivity index (χ1n) is 6.00. The van der Waals surface area contributed by atoms with Crippen LogP contribution in [0.1, 0.15) is 38.5 Å². The highest BCUT2D eigenvalue weighted by Crippen LogP contribution is 2.33. The summed E-state index contributed by atoms with van der Waals surface area (Å²) >= 11 is 0. The lowest BCUT2D eigenvalue weighted by molar-refractivity contribution is -0.00768. The van der Waals surface area contributed by atoms with Gasteiger partial charge < -0.3 is 4.74 Å². The summed E-state index contributed by atoms with van der Waals surface area (Å²) in [6.45, 7) is 5.88. The largest absolute Gasteiger partial charge is 0.354 e. The average molecular weight is 238 g/mol. The predicted octanol–water partition coefficient (Wildman–Crippen LogP) is 1.18. The van der Waals surface area contributed by atoms with E-state index in [1.165, 1.54) is 4.57 Å². The van der Waals surface area contributed by atoms with Gasteiger partial charge in [-0.25, -0.2) is 4.79 Å². The van der Waals surface area contributed by atoms with Crippen LogP contribution in [0.2, 0.25) is 0 Å². The van der Waals surface area contributed by atoms with Crippen LogP contribution in [-0.4, -0.2) is 15.7 Å². The fourth-order valence-corrected chi connectivity index (χ4v) is 2.34. The lowest BCUT2D eigenvalue weighted by Crippen LogP contribution is -2.33. The van der Waals surface area contributed by atoms with Gasteiger partial charge in [-0.05, 0) is 25.7 Å². The summed E-state index contributed by atoms with van der Waals surface area (Å²) in [6, 6.07) is 0. The standard InChI is InChI=1S/C12H18N2O3/c1-4-9-7(2)5-10(17-9)14-6-8(3)11(15)13-12(14)16/h6-7,9-10H,4-5H2,1-3H3,(H,13,15,16)/t7-,9+,10-/m1/s1. The molecule has 1 N–H and O–H groups in total. The van der Waals surface area contributed by atoms with E-state index >= 15 is 0 Å². The lowest BCUT2D eigenvalue weighted by atomic mass is 10.0. The van der Waals surface area contributed by atoms with E-state index in [1.807, 2.05) is 0 Å². The van der Waals surface area contributed by atoms with Crippen molar-refractivity contribution in [3.05, 3.63) is 32.6 Å². The molecular formula is C12H18N2O3. The van der Waals surface area contributed by atoms with Crippen molar-refractivity contribution in [2.45, 2.75) is 45.9 Å². The van der Waals surface area contributed by atoms with Crippen LogP contribution in [0, 0.1) is 12.8 Å². The van der Waals surface area contributed by atoms with Crippen LogP contribution in [0.4, 0.5) is 0 Å². The molecule has 1 aromatic heterocycles. The third-order valence-electron chi connectivity index (χ3n) is 3.40. The Labute approximate surface area is 99.4 Å². The number of aromatic amines is 1. The van der Waals surface area contributed by atoms with Gasteiger partial charge in [0, 0.05) is 11.8 Å². The molecule has 0 aromatic carbocycles. The van der Waals surface area contributed by atoms with Crippen molar-refractivity contribution in [2.75, 3.05) is 0 Å². The number of rotatable bonds is 2. The molecule has 94 valence electrons. The lowest BCUT2D eigenvalue weighted by Gasteiger charge is -2.15. The van der Waals surface area contributed by atoms with Crippen LogP contribution in [-0.2, 0) is 4.74 Å². The van der Waals surface area contributed by atoms with Gasteiger partial charge in [0.05, 0.1) is 6.10 Å². The first-order chi connectivity index (χ1) is 8.02. The Morgan fingerprint density at radius 1 is 1.53 bits per heavy atom. The van der Waals surface area contributed by atoms with E-state index in [4.69, 9.17) is 4.74 Å². The first kappa shape index (κ1) is 12.1. The topological polar surface area (TPSA) is 64.1 Å². The Kier molecular flexibility index (Phi) is 3.19. The van der Waals surface area contributed by atoms with Gasteiger partial charge in [0.2, 0.25) is 0 Å². The first-order valence-corrected chi connectivity index (χ1v) is 6.00. The maximum atomic E-state index is 11.7. The maximum Gasteiger partial charge on any atom is 0.330 e. The molecular weight excluding hydrogens is 220 g/mol. The number of nitrogens with zero attached hydrogens (tertiary/aromatic N) is 1. The van der Waals surface area contributed by atoms with E-state index in [0.717, 1.165) is 12.8 Å². The molecule has 0 radical (unpaired) electrons. The Morgan fingerprint density at radius 2 is 2.24 bits per heavy atom. The fourth-order valence-electron chi connectivity index (χ4n) is 2.34. The van der Waals surface area contributed by atoms with E-state index in [2.05, 4.69) is 18.8 Å². The molecule has 5 nitrogen and oxygen atoms in total. The summed E-state index contributed by atoms with van der Waals surface area (Å²) in [4.78, 5) is 25.3. The number of ether oxygens (including phenoxy) is 1. The minimum Gasteiger partial charge on any atom is -0.354 e. The molecule has 0 bridgehead atoms. The van der Waals surface area contributed by atoms with E-state index in [9.17, 15) is 9.59 Å². The summed E-state index contributed by atoms with van der Waals surface area (Å²) in [5, 5.41) is 0. The molecule has 5 heteroatoms. The minimum atomic E-state index is -0.394.